The minimum absolute atomic E-state index is 0.0264. The number of fused-ring (bicyclic) bond motifs is 1. The number of furan rings is 1. The molecule has 0 atom stereocenters. The standard InChI is InChI=1S/C22H24N2O3/c1-3-26-20-11-7-5-9-18(20)23-12-14-24(15-13-23)22(25)21-16(2)17-8-4-6-10-19(17)27-21/h4-11H,3,12-15H2,1-2H3. The maximum absolute atomic E-state index is 13.0. The second kappa shape index (κ2) is 7.35. The largest absolute Gasteiger partial charge is 0.492 e. The van der Waals surface area contributed by atoms with E-state index in [9.17, 15) is 4.79 Å². The highest BCUT2D eigenvalue weighted by molar-refractivity contribution is 5.99. The first kappa shape index (κ1) is 17.5. The Balaban J connectivity index is 1.49. The molecule has 0 radical (unpaired) electrons. The van der Waals surface area contributed by atoms with Gasteiger partial charge in [-0.15, -0.1) is 0 Å². The van der Waals surface area contributed by atoms with Crippen molar-refractivity contribution in [2.24, 2.45) is 0 Å². The van der Waals surface area contributed by atoms with E-state index in [2.05, 4.69) is 11.0 Å². The van der Waals surface area contributed by atoms with Crippen molar-refractivity contribution in [2.45, 2.75) is 13.8 Å². The average Bonchev–Trinajstić information content (AvgIpc) is 3.05. The number of hydrogen-bond donors (Lipinski definition) is 0. The summed E-state index contributed by atoms with van der Waals surface area (Å²) in [6.07, 6.45) is 0. The molecule has 1 saturated heterocycles. The Morgan fingerprint density at radius 3 is 2.48 bits per heavy atom. The number of amides is 1. The summed E-state index contributed by atoms with van der Waals surface area (Å²) < 4.78 is 11.6. The van der Waals surface area contributed by atoms with E-state index in [-0.39, 0.29) is 5.91 Å². The molecular formula is C22H24N2O3. The molecule has 0 unspecified atom stereocenters. The number of carbonyl (C=O) groups excluding carboxylic acids is 1. The van der Waals surface area contributed by atoms with Gasteiger partial charge in [0.2, 0.25) is 0 Å². The third-order valence-electron chi connectivity index (χ3n) is 5.11. The van der Waals surface area contributed by atoms with Gasteiger partial charge in [-0.05, 0) is 32.0 Å². The van der Waals surface area contributed by atoms with E-state index in [0.29, 0.717) is 25.5 Å². The smallest absolute Gasteiger partial charge is 0.290 e. The molecule has 1 aromatic heterocycles. The zero-order valence-electron chi connectivity index (χ0n) is 15.8. The number of rotatable bonds is 4. The minimum Gasteiger partial charge on any atom is -0.492 e. The van der Waals surface area contributed by atoms with Crippen molar-refractivity contribution in [3.63, 3.8) is 0 Å². The van der Waals surface area contributed by atoms with Crippen molar-refractivity contribution >= 4 is 22.6 Å². The number of ether oxygens (including phenoxy) is 1. The van der Waals surface area contributed by atoms with Crippen LogP contribution >= 0.6 is 0 Å². The molecule has 1 aliphatic heterocycles. The summed E-state index contributed by atoms with van der Waals surface area (Å²) in [5.41, 5.74) is 2.77. The Labute approximate surface area is 159 Å². The molecule has 0 aliphatic carbocycles. The number of hydrogen-bond acceptors (Lipinski definition) is 4. The van der Waals surface area contributed by atoms with Gasteiger partial charge in [-0.3, -0.25) is 4.79 Å². The Morgan fingerprint density at radius 1 is 1.04 bits per heavy atom. The molecule has 1 aliphatic rings. The van der Waals surface area contributed by atoms with E-state index in [1.165, 1.54) is 0 Å². The van der Waals surface area contributed by atoms with Crippen LogP contribution in [0.25, 0.3) is 11.0 Å². The molecular weight excluding hydrogens is 340 g/mol. The second-order valence-corrected chi connectivity index (χ2v) is 6.73. The maximum Gasteiger partial charge on any atom is 0.290 e. The Hall–Kier alpha value is -2.95. The quantitative estimate of drug-likeness (QED) is 0.699. The lowest BCUT2D eigenvalue weighted by Crippen LogP contribution is -2.49. The van der Waals surface area contributed by atoms with Crippen LogP contribution in [0.1, 0.15) is 23.0 Å². The van der Waals surface area contributed by atoms with Gasteiger partial charge in [0, 0.05) is 37.1 Å². The highest BCUT2D eigenvalue weighted by atomic mass is 16.5. The van der Waals surface area contributed by atoms with E-state index < -0.39 is 0 Å². The van der Waals surface area contributed by atoms with Crippen molar-refractivity contribution in [3.8, 4) is 5.75 Å². The van der Waals surface area contributed by atoms with Gasteiger partial charge < -0.3 is 19.0 Å². The zero-order chi connectivity index (χ0) is 18.8. The number of carbonyl (C=O) groups is 1. The Morgan fingerprint density at radius 2 is 1.74 bits per heavy atom. The molecule has 2 aromatic carbocycles. The third-order valence-corrected chi connectivity index (χ3v) is 5.11. The third kappa shape index (κ3) is 3.25. The molecule has 5 heteroatoms. The van der Waals surface area contributed by atoms with Gasteiger partial charge in [-0.1, -0.05) is 30.3 Å². The Kier molecular flexibility index (Phi) is 4.75. The van der Waals surface area contributed by atoms with Gasteiger partial charge in [-0.25, -0.2) is 0 Å². The predicted octanol–water partition coefficient (Wildman–Crippen LogP) is 4.10. The van der Waals surface area contributed by atoms with E-state index >= 15 is 0 Å². The topological polar surface area (TPSA) is 45.9 Å². The normalized spacial score (nSPS) is 14.6. The zero-order valence-corrected chi connectivity index (χ0v) is 15.8. The van der Waals surface area contributed by atoms with Gasteiger partial charge in [0.25, 0.3) is 5.91 Å². The monoisotopic (exact) mass is 364 g/mol. The summed E-state index contributed by atoms with van der Waals surface area (Å²) in [6.45, 7) is 7.45. The lowest BCUT2D eigenvalue weighted by molar-refractivity contribution is 0.0716. The van der Waals surface area contributed by atoms with Crippen LogP contribution in [-0.2, 0) is 0 Å². The molecule has 0 saturated carbocycles. The number of para-hydroxylation sites is 3. The molecule has 2 heterocycles. The van der Waals surface area contributed by atoms with E-state index in [1.807, 2.05) is 61.2 Å². The SMILES string of the molecule is CCOc1ccccc1N1CCN(C(=O)c2oc3ccccc3c2C)CC1. The van der Waals surface area contributed by atoms with Gasteiger partial charge in [0.15, 0.2) is 5.76 Å². The molecule has 1 amide bonds. The van der Waals surface area contributed by atoms with Crippen molar-refractivity contribution in [3.05, 3.63) is 59.9 Å². The van der Waals surface area contributed by atoms with Crippen LogP contribution in [0.15, 0.2) is 52.9 Å². The fourth-order valence-corrected chi connectivity index (χ4v) is 3.67. The van der Waals surface area contributed by atoms with Crippen molar-refractivity contribution in [1.29, 1.82) is 0 Å². The number of benzene rings is 2. The lowest BCUT2D eigenvalue weighted by atomic mass is 10.1. The highest BCUT2D eigenvalue weighted by Crippen LogP contribution is 2.30. The first-order chi connectivity index (χ1) is 13.2. The van der Waals surface area contributed by atoms with Crippen molar-refractivity contribution < 1.29 is 13.9 Å². The highest BCUT2D eigenvalue weighted by Gasteiger charge is 2.27. The van der Waals surface area contributed by atoms with Gasteiger partial charge in [-0.2, -0.15) is 0 Å². The summed E-state index contributed by atoms with van der Waals surface area (Å²) in [4.78, 5) is 17.1. The lowest BCUT2D eigenvalue weighted by Gasteiger charge is -2.36. The van der Waals surface area contributed by atoms with Crippen molar-refractivity contribution in [1.82, 2.24) is 4.90 Å². The second-order valence-electron chi connectivity index (χ2n) is 6.73. The number of nitrogens with zero attached hydrogens (tertiary/aromatic N) is 2. The first-order valence-electron chi connectivity index (χ1n) is 9.43. The maximum atomic E-state index is 13.0. The van der Waals surface area contributed by atoms with Crippen LogP contribution < -0.4 is 9.64 Å². The average molecular weight is 364 g/mol. The van der Waals surface area contributed by atoms with Gasteiger partial charge >= 0.3 is 0 Å². The van der Waals surface area contributed by atoms with Crippen molar-refractivity contribution in [2.75, 3.05) is 37.7 Å². The van der Waals surface area contributed by atoms with Gasteiger partial charge in [0.05, 0.1) is 12.3 Å². The molecule has 140 valence electrons. The Bertz CT molecular complexity index is 955. The molecule has 5 nitrogen and oxygen atoms in total. The van der Waals surface area contributed by atoms with E-state index in [1.54, 1.807) is 0 Å². The number of aryl methyl sites for hydroxylation is 1. The number of piperazine rings is 1. The fraction of sp³-hybridized carbons (Fsp3) is 0.318. The number of anilines is 1. The van der Waals surface area contributed by atoms with Crippen LogP contribution in [0.3, 0.4) is 0 Å². The predicted molar refractivity (Wildman–Crippen MR) is 107 cm³/mol. The van der Waals surface area contributed by atoms with Gasteiger partial charge in [0.1, 0.15) is 11.3 Å². The fourth-order valence-electron chi connectivity index (χ4n) is 3.67. The summed E-state index contributed by atoms with van der Waals surface area (Å²) in [7, 11) is 0. The van der Waals surface area contributed by atoms with E-state index in [0.717, 1.165) is 41.1 Å². The van der Waals surface area contributed by atoms with Crippen LogP contribution in [-0.4, -0.2) is 43.6 Å². The molecule has 3 aromatic rings. The van der Waals surface area contributed by atoms with Crippen LogP contribution in [0.5, 0.6) is 5.75 Å². The summed E-state index contributed by atoms with van der Waals surface area (Å²) >= 11 is 0. The molecule has 4 rings (SSSR count). The summed E-state index contributed by atoms with van der Waals surface area (Å²) in [5.74, 6) is 1.33. The summed E-state index contributed by atoms with van der Waals surface area (Å²) in [6, 6.07) is 15.9. The molecule has 0 spiro atoms. The van der Waals surface area contributed by atoms with Crippen LogP contribution in [0.2, 0.25) is 0 Å². The molecule has 27 heavy (non-hydrogen) atoms. The first-order valence-corrected chi connectivity index (χ1v) is 9.43. The van der Waals surface area contributed by atoms with Crippen LogP contribution in [0, 0.1) is 6.92 Å². The molecule has 1 fully saturated rings. The molecule has 0 bridgehead atoms. The minimum atomic E-state index is -0.0264. The summed E-state index contributed by atoms with van der Waals surface area (Å²) in [5, 5.41) is 1.00. The molecule has 0 N–H and O–H groups in total. The van der Waals surface area contributed by atoms with E-state index in [4.69, 9.17) is 9.15 Å². The van der Waals surface area contributed by atoms with Crippen LogP contribution in [0.4, 0.5) is 5.69 Å².